The lowest BCUT2D eigenvalue weighted by atomic mass is 10.1. The molecule has 2 unspecified atom stereocenters. The Morgan fingerprint density at radius 3 is 2.30 bits per heavy atom. The molecule has 1 amide bonds. The van der Waals surface area contributed by atoms with Gasteiger partial charge < -0.3 is 15.2 Å². The minimum atomic E-state index is -4.21. The van der Waals surface area contributed by atoms with Crippen LogP contribution >= 0.6 is 23.2 Å². The lowest BCUT2D eigenvalue weighted by molar-refractivity contribution is -0.152. The molecular weight excluding hydrogens is 419 g/mol. The van der Waals surface area contributed by atoms with Crippen molar-refractivity contribution in [3.63, 3.8) is 0 Å². The smallest absolute Gasteiger partial charge is 0.327 e. The molecule has 1 aromatic carbocycles. The van der Waals surface area contributed by atoms with Crippen LogP contribution in [-0.2, 0) is 24.3 Å². The van der Waals surface area contributed by atoms with Gasteiger partial charge in [-0.25, -0.2) is 8.42 Å². The molecule has 0 saturated carbocycles. The third kappa shape index (κ3) is 7.63. The summed E-state index contributed by atoms with van der Waals surface area (Å²) >= 11 is 11.6. The van der Waals surface area contributed by atoms with Gasteiger partial charge in [0.2, 0.25) is 10.0 Å². The van der Waals surface area contributed by atoms with E-state index in [1.54, 1.807) is 20.8 Å². The van der Waals surface area contributed by atoms with Crippen molar-refractivity contribution >= 4 is 45.1 Å². The van der Waals surface area contributed by atoms with Crippen molar-refractivity contribution in [2.45, 2.75) is 50.3 Å². The number of sulfonamides is 1. The number of hydrogen-bond donors (Lipinski definition) is 3. The second kappa shape index (κ2) is 9.20. The number of aliphatic hydroxyl groups excluding tert-OH is 1. The highest BCUT2D eigenvalue weighted by molar-refractivity contribution is 7.89. The monoisotopic (exact) mass is 440 g/mol. The number of esters is 1. The van der Waals surface area contributed by atoms with E-state index in [9.17, 15) is 23.1 Å². The fourth-order valence-electron chi connectivity index (χ4n) is 1.90. The number of benzene rings is 1. The summed E-state index contributed by atoms with van der Waals surface area (Å²) in [7, 11) is -4.21. The van der Waals surface area contributed by atoms with Crippen molar-refractivity contribution in [3.8, 4) is 0 Å². The topological polar surface area (TPSA) is 122 Å². The van der Waals surface area contributed by atoms with E-state index in [0.29, 0.717) is 0 Å². The quantitative estimate of drug-likeness (QED) is 0.551. The zero-order valence-corrected chi connectivity index (χ0v) is 17.6. The molecule has 0 aliphatic carbocycles. The molecule has 8 nitrogen and oxygen atoms in total. The first-order valence-corrected chi connectivity index (χ1v) is 10.1. The Kier molecular flexibility index (Phi) is 8.06. The number of hydrogen-bond acceptors (Lipinski definition) is 6. The molecule has 1 rings (SSSR count). The van der Waals surface area contributed by atoms with Crippen LogP contribution in [0.1, 0.15) is 27.7 Å². The molecule has 27 heavy (non-hydrogen) atoms. The molecule has 3 N–H and O–H groups in total. The highest BCUT2D eigenvalue weighted by Crippen LogP contribution is 2.25. The number of aliphatic hydroxyl groups is 1. The minimum Gasteiger partial charge on any atom is -0.454 e. The first-order valence-electron chi connectivity index (χ1n) is 7.86. The lowest BCUT2D eigenvalue weighted by Gasteiger charge is -2.22. The number of nitrogens with one attached hydrogen (secondary N) is 2. The van der Waals surface area contributed by atoms with E-state index in [4.69, 9.17) is 27.9 Å². The molecule has 2 atom stereocenters. The maximum Gasteiger partial charge on any atom is 0.327 e. The summed E-state index contributed by atoms with van der Waals surface area (Å²) in [5.74, 6) is -1.66. The van der Waals surface area contributed by atoms with Gasteiger partial charge in [-0.2, -0.15) is 4.72 Å². The fourth-order valence-corrected chi connectivity index (χ4v) is 3.55. The van der Waals surface area contributed by atoms with Crippen molar-refractivity contribution in [1.82, 2.24) is 10.0 Å². The summed E-state index contributed by atoms with van der Waals surface area (Å²) < 4.78 is 31.7. The van der Waals surface area contributed by atoms with Gasteiger partial charge in [0, 0.05) is 5.54 Å². The molecule has 0 radical (unpaired) electrons. The Bertz CT molecular complexity index is 806. The van der Waals surface area contributed by atoms with Crippen molar-refractivity contribution < 1.29 is 27.9 Å². The van der Waals surface area contributed by atoms with Crippen LogP contribution in [0, 0.1) is 0 Å². The average molecular weight is 441 g/mol. The van der Waals surface area contributed by atoms with E-state index in [-0.39, 0.29) is 14.9 Å². The third-order valence-corrected chi connectivity index (χ3v) is 5.26. The van der Waals surface area contributed by atoms with E-state index in [1.165, 1.54) is 19.1 Å². The molecule has 152 valence electrons. The molecule has 0 fully saturated rings. The lowest BCUT2D eigenvalue weighted by Crippen LogP contribution is -2.49. The van der Waals surface area contributed by atoms with Gasteiger partial charge in [-0.15, -0.1) is 0 Å². The first-order chi connectivity index (χ1) is 12.2. The van der Waals surface area contributed by atoms with Crippen LogP contribution in [0.4, 0.5) is 0 Å². The largest absolute Gasteiger partial charge is 0.454 e. The Labute approximate surface area is 168 Å². The van der Waals surface area contributed by atoms with Crippen molar-refractivity contribution in [1.29, 1.82) is 0 Å². The summed E-state index contributed by atoms with van der Waals surface area (Å²) in [6.07, 6.45) is -1.42. The number of rotatable bonds is 7. The molecule has 1 aromatic rings. The zero-order valence-electron chi connectivity index (χ0n) is 15.2. The van der Waals surface area contributed by atoms with Crippen molar-refractivity contribution in [2.75, 3.05) is 6.61 Å². The van der Waals surface area contributed by atoms with E-state index in [1.807, 2.05) is 4.72 Å². The third-order valence-electron chi connectivity index (χ3n) is 3.08. The van der Waals surface area contributed by atoms with Crippen LogP contribution in [0.15, 0.2) is 23.1 Å². The molecular formula is C16H22Cl2N2O6S. The second-order valence-electron chi connectivity index (χ2n) is 6.82. The number of halogens is 2. The molecule has 0 spiro atoms. The Hall–Kier alpha value is -1.39. The highest BCUT2D eigenvalue weighted by Gasteiger charge is 2.31. The summed E-state index contributed by atoms with van der Waals surface area (Å²) in [6, 6.07) is 1.96. The van der Waals surface area contributed by atoms with E-state index < -0.39 is 46.2 Å². The predicted octanol–water partition coefficient (Wildman–Crippen LogP) is 1.48. The zero-order chi connectivity index (χ0) is 21.0. The molecule has 0 heterocycles. The Balaban J connectivity index is 2.87. The van der Waals surface area contributed by atoms with Crippen LogP contribution in [-0.4, -0.2) is 49.7 Å². The highest BCUT2D eigenvalue weighted by atomic mass is 35.5. The Morgan fingerprint density at radius 2 is 1.81 bits per heavy atom. The second-order valence-corrected chi connectivity index (χ2v) is 9.35. The van der Waals surface area contributed by atoms with Gasteiger partial charge in [-0.05, 0) is 45.9 Å². The molecule has 11 heteroatoms. The standard InChI is InChI=1S/C16H22Cl2N2O6S/c1-9(21)14(15(23)26-8-13(22)19-16(2,3)4)20-27(24,25)10-5-6-11(17)12(18)7-10/h5-7,9,14,20-21H,8H2,1-4H3,(H,19,22). The van der Waals surface area contributed by atoms with Gasteiger partial charge in [0.25, 0.3) is 5.91 Å². The van der Waals surface area contributed by atoms with Crippen LogP contribution in [0.2, 0.25) is 10.0 Å². The number of amides is 1. The van der Waals surface area contributed by atoms with E-state index in [0.717, 1.165) is 6.07 Å². The van der Waals surface area contributed by atoms with E-state index in [2.05, 4.69) is 5.32 Å². The maximum absolute atomic E-state index is 12.4. The van der Waals surface area contributed by atoms with Gasteiger partial charge in [-0.1, -0.05) is 23.2 Å². The van der Waals surface area contributed by atoms with Gasteiger partial charge >= 0.3 is 5.97 Å². The van der Waals surface area contributed by atoms with Gasteiger partial charge in [0.1, 0.15) is 6.04 Å². The Morgan fingerprint density at radius 1 is 1.22 bits per heavy atom. The predicted molar refractivity (Wildman–Crippen MR) is 101 cm³/mol. The molecule has 0 aliphatic heterocycles. The van der Waals surface area contributed by atoms with Crippen molar-refractivity contribution in [2.24, 2.45) is 0 Å². The number of carbonyl (C=O) groups is 2. The van der Waals surface area contributed by atoms with Gasteiger partial charge in [0.05, 0.1) is 21.0 Å². The molecule has 0 aromatic heterocycles. The van der Waals surface area contributed by atoms with Crippen molar-refractivity contribution in [3.05, 3.63) is 28.2 Å². The summed E-state index contributed by atoms with van der Waals surface area (Å²) in [5, 5.41) is 12.5. The normalized spacial score (nSPS) is 14.3. The summed E-state index contributed by atoms with van der Waals surface area (Å²) in [4.78, 5) is 23.6. The average Bonchev–Trinajstić information content (AvgIpc) is 2.51. The first kappa shape index (κ1) is 23.6. The number of carbonyl (C=O) groups excluding carboxylic acids is 2. The molecule has 0 aliphatic rings. The van der Waals surface area contributed by atoms with Gasteiger partial charge in [0.15, 0.2) is 6.61 Å². The fraction of sp³-hybridized carbons (Fsp3) is 0.500. The van der Waals surface area contributed by atoms with Gasteiger partial charge in [-0.3, -0.25) is 9.59 Å². The van der Waals surface area contributed by atoms with E-state index >= 15 is 0 Å². The molecule has 0 saturated heterocycles. The van der Waals surface area contributed by atoms with Crippen LogP contribution in [0.25, 0.3) is 0 Å². The summed E-state index contributed by atoms with van der Waals surface area (Å²) in [6.45, 7) is 5.83. The SMILES string of the molecule is CC(O)C(NS(=O)(=O)c1ccc(Cl)c(Cl)c1)C(=O)OCC(=O)NC(C)(C)C. The molecule has 0 bridgehead atoms. The number of ether oxygens (including phenoxy) is 1. The summed E-state index contributed by atoms with van der Waals surface area (Å²) in [5.41, 5.74) is -0.525. The van der Waals surface area contributed by atoms with Crippen LogP contribution in [0.5, 0.6) is 0 Å². The van der Waals surface area contributed by atoms with Crippen LogP contribution < -0.4 is 10.0 Å². The van der Waals surface area contributed by atoms with Crippen LogP contribution in [0.3, 0.4) is 0 Å². The maximum atomic E-state index is 12.4. The minimum absolute atomic E-state index is 0.00886.